The molecular weight excluding hydrogens is 242 g/mol. The van der Waals surface area contributed by atoms with Gasteiger partial charge in [0.2, 0.25) is 5.91 Å². The van der Waals surface area contributed by atoms with Crippen molar-refractivity contribution in [2.75, 3.05) is 19.6 Å². The molecule has 2 rings (SSSR count). The molecule has 0 saturated carbocycles. The summed E-state index contributed by atoms with van der Waals surface area (Å²) in [6.07, 6.45) is 2.12. The van der Waals surface area contributed by atoms with Crippen LogP contribution < -0.4 is 11.1 Å². The molecule has 1 aromatic rings. The van der Waals surface area contributed by atoms with Gasteiger partial charge in [0.1, 0.15) is 0 Å². The Morgan fingerprint density at radius 2 is 2.26 bits per heavy atom. The molecule has 19 heavy (non-hydrogen) atoms. The second-order valence-corrected chi connectivity index (χ2v) is 5.25. The number of carbonyl (C=O) groups is 1. The SMILES string of the molecule is Cc1cc(CN(CC(N)=O)C2CCNCC2)n(C)n1. The number of aryl methyl sites for hydroxylation is 2. The van der Waals surface area contributed by atoms with Gasteiger partial charge in [-0.3, -0.25) is 14.4 Å². The predicted octanol–water partition coefficient (Wildman–Crippen LogP) is -0.232. The standard InChI is InChI=1S/C13H23N5O/c1-10-7-12(17(2)16-10)8-18(9-13(14)19)11-3-5-15-6-4-11/h7,11,15H,3-6,8-9H2,1-2H3,(H2,14,19). The number of rotatable bonds is 5. The van der Waals surface area contributed by atoms with E-state index in [2.05, 4.69) is 21.4 Å². The number of hydrogen-bond donors (Lipinski definition) is 2. The van der Waals surface area contributed by atoms with Crippen LogP contribution in [0.4, 0.5) is 0 Å². The fourth-order valence-corrected chi connectivity index (χ4v) is 2.71. The van der Waals surface area contributed by atoms with Crippen molar-refractivity contribution in [3.8, 4) is 0 Å². The highest BCUT2D eigenvalue weighted by Crippen LogP contribution is 2.15. The number of primary amides is 1. The molecule has 0 aromatic carbocycles. The molecule has 1 fully saturated rings. The Labute approximate surface area is 113 Å². The molecule has 0 aliphatic carbocycles. The van der Waals surface area contributed by atoms with Crippen molar-refractivity contribution in [2.45, 2.75) is 32.4 Å². The minimum absolute atomic E-state index is 0.266. The van der Waals surface area contributed by atoms with E-state index in [4.69, 9.17) is 5.73 Å². The van der Waals surface area contributed by atoms with Crippen LogP contribution >= 0.6 is 0 Å². The third-order valence-electron chi connectivity index (χ3n) is 3.65. The average Bonchev–Trinajstić information content (AvgIpc) is 2.67. The lowest BCUT2D eigenvalue weighted by molar-refractivity contribution is -0.120. The van der Waals surface area contributed by atoms with Crippen molar-refractivity contribution >= 4 is 5.91 Å². The number of nitrogens with one attached hydrogen (secondary N) is 1. The second-order valence-electron chi connectivity index (χ2n) is 5.25. The molecule has 1 amide bonds. The van der Waals surface area contributed by atoms with Crippen LogP contribution in [-0.4, -0.2) is 46.3 Å². The fourth-order valence-electron chi connectivity index (χ4n) is 2.71. The van der Waals surface area contributed by atoms with Crippen molar-refractivity contribution < 1.29 is 4.79 Å². The van der Waals surface area contributed by atoms with E-state index >= 15 is 0 Å². The van der Waals surface area contributed by atoms with E-state index < -0.39 is 0 Å². The highest BCUT2D eigenvalue weighted by Gasteiger charge is 2.23. The van der Waals surface area contributed by atoms with E-state index in [1.165, 1.54) is 0 Å². The van der Waals surface area contributed by atoms with Gasteiger partial charge in [0.25, 0.3) is 0 Å². The van der Waals surface area contributed by atoms with E-state index in [-0.39, 0.29) is 5.91 Å². The molecular formula is C13H23N5O. The van der Waals surface area contributed by atoms with Gasteiger partial charge >= 0.3 is 0 Å². The first-order valence-electron chi connectivity index (χ1n) is 6.79. The van der Waals surface area contributed by atoms with Crippen LogP contribution in [0.25, 0.3) is 0 Å². The highest BCUT2D eigenvalue weighted by atomic mass is 16.1. The number of piperidine rings is 1. The molecule has 0 unspecified atom stereocenters. The van der Waals surface area contributed by atoms with Crippen LogP contribution in [0.5, 0.6) is 0 Å². The largest absolute Gasteiger partial charge is 0.369 e. The van der Waals surface area contributed by atoms with Gasteiger partial charge in [-0.1, -0.05) is 0 Å². The van der Waals surface area contributed by atoms with Crippen LogP contribution in [0.1, 0.15) is 24.2 Å². The Bertz CT molecular complexity index is 436. The molecule has 0 radical (unpaired) electrons. The maximum Gasteiger partial charge on any atom is 0.231 e. The average molecular weight is 265 g/mol. The summed E-state index contributed by atoms with van der Waals surface area (Å²) in [5.41, 5.74) is 7.50. The summed E-state index contributed by atoms with van der Waals surface area (Å²) < 4.78 is 1.88. The molecule has 1 saturated heterocycles. The predicted molar refractivity (Wildman–Crippen MR) is 73.4 cm³/mol. The van der Waals surface area contributed by atoms with Crippen molar-refractivity contribution in [2.24, 2.45) is 12.8 Å². The first-order chi connectivity index (χ1) is 9.06. The molecule has 0 atom stereocenters. The maximum atomic E-state index is 11.3. The summed E-state index contributed by atoms with van der Waals surface area (Å²) in [4.78, 5) is 13.5. The third kappa shape index (κ3) is 3.78. The van der Waals surface area contributed by atoms with E-state index in [9.17, 15) is 4.79 Å². The summed E-state index contributed by atoms with van der Waals surface area (Å²) in [6, 6.07) is 2.48. The highest BCUT2D eigenvalue weighted by molar-refractivity contribution is 5.75. The third-order valence-corrected chi connectivity index (χ3v) is 3.65. The summed E-state index contributed by atoms with van der Waals surface area (Å²) in [6.45, 7) is 5.03. The van der Waals surface area contributed by atoms with Crippen LogP contribution in [-0.2, 0) is 18.4 Å². The molecule has 6 heteroatoms. The first kappa shape index (κ1) is 14.0. The second kappa shape index (κ2) is 6.16. The van der Waals surface area contributed by atoms with Crippen molar-refractivity contribution in [3.05, 3.63) is 17.5 Å². The van der Waals surface area contributed by atoms with Gasteiger partial charge in [0, 0.05) is 19.6 Å². The zero-order valence-electron chi connectivity index (χ0n) is 11.7. The number of nitrogens with zero attached hydrogens (tertiary/aromatic N) is 3. The van der Waals surface area contributed by atoms with Gasteiger partial charge in [0.05, 0.1) is 17.9 Å². The number of amides is 1. The number of hydrogen-bond acceptors (Lipinski definition) is 4. The van der Waals surface area contributed by atoms with Gasteiger partial charge in [-0.15, -0.1) is 0 Å². The topological polar surface area (TPSA) is 76.2 Å². The quantitative estimate of drug-likeness (QED) is 0.771. The monoisotopic (exact) mass is 265 g/mol. The Morgan fingerprint density at radius 1 is 1.58 bits per heavy atom. The Balaban J connectivity index is 2.08. The Morgan fingerprint density at radius 3 is 2.79 bits per heavy atom. The van der Waals surface area contributed by atoms with Gasteiger partial charge in [-0.25, -0.2) is 0 Å². The van der Waals surface area contributed by atoms with Crippen molar-refractivity contribution in [1.82, 2.24) is 20.0 Å². The lowest BCUT2D eigenvalue weighted by atomic mass is 10.0. The van der Waals surface area contributed by atoms with Crippen molar-refractivity contribution in [3.63, 3.8) is 0 Å². The number of nitrogens with two attached hydrogens (primary N) is 1. The summed E-state index contributed by atoms with van der Waals surface area (Å²) in [7, 11) is 1.94. The molecule has 6 nitrogen and oxygen atoms in total. The van der Waals surface area contributed by atoms with Gasteiger partial charge in [-0.05, 0) is 38.9 Å². The van der Waals surface area contributed by atoms with Gasteiger partial charge in [0.15, 0.2) is 0 Å². The molecule has 1 aliphatic rings. The van der Waals surface area contributed by atoms with Crippen molar-refractivity contribution in [1.29, 1.82) is 0 Å². The molecule has 1 aliphatic heterocycles. The lowest BCUT2D eigenvalue weighted by Gasteiger charge is -2.33. The van der Waals surface area contributed by atoms with E-state index in [1.807, 2.05) is 18.7 Å². The maximum absolute atomic E-state index is 11.3. The first-order valence-corrected chi connectivity index (χ1v) is 6.79. The van der Waals surface area contributed by atoms with Gasteiger partial charge in [-0.2, -0.15) is 5.10 Å². The van der Waals surface area contributed by atoms with Crippen LogP contribution in [0.2, 0.25) is 0 Å². The molecule has 0 spiro atoms. The lowest BCUT2D eigenvalue weighted by Crippen LogP contribution is -2.46. The van der Waals surface area contributed by atoms with E-state index in [1.54, 1.807) is 0 Å². The molecule has 0 bridgehead atoms. The minimum Gasteiger partial charge on any atom is -0.369 e. The number of aromatic nitrogens is 2. The zero-order chi connectivity index (χ0) is 13.8. The normalized spacial score (nSPS) is 17.0. The fraction of sp³-hybridized carbons (Fsp3) is 0.692. The van der Waals surface area contributed by atoms with Crippen LogP contribution in [0, 0.1) is 6.92 Å². The summed E-state index contributed by atoms with van der Waals surface area (Å²) >= 11 is 0. The zero-order valence-corrected chi connectivity index (χ0v) is 11.7. The molecule has 1 aromatic heterocycles. The van der Waals surface area contributed by atoms with Crippen LogP contribution in [0.3, 0.4) is 0 Å². The molecule has 106 valence electrons. The minimum atomic E-state index is -0.266. The van der Waals surface area contributed by atoms with Crippen LogP contribution in [0.15, 0.2) is 6.07 Å². The Kier molecular flexibility index (Phi) is 4.55. The molecule has 3 N–H and O–H groups in total. The van der Waals surface area contributed by atoms with E-state index in [0.717, 1.165) is 43.9 Å². The van der Waals surface area contributed by atoms with Gasteiger partial charge < -0.3 is 11.1 Å². The smallest absolute Gasteiger partial charge is 0.231 e. The molecule has 2 heterocycles. The summed E-state index contributed by atoms with van der Waals surface area (Å²) in [5, 5.41) is 7.69. The summed E-state index contributed by atoms with van der Waals surface area (Å²) in [5.74, 6) is -0.266. The number of carbonyl (C=O) groups excluding carboxylic acids is 1. The Hall–Kier alpha value is -1.40. The van der Waals surface area contributed by atoms with E-state index in [0.29, 0.717) is 12.6 Å².